The second kappa shape index (κ2) is 10.2. The monoisotopic (exact) mass is 500 g/mol. The van der Waals surface area contributed by atoms with Crippen LogP contribution in [0, 0.1) is 23.4 Å². The molecule has 0 aliphatic heterocycles. The number of pyridine rings is 1. The molecular formula is C25H23F3N4O4. The van der Waals surface area contributed by atoms with Gasteiger partial charge in [-0.25, -0.2) is 27.6 Å². The van der Waals surface area contributed by atoms with Gasteiger partial charge >= 0.3 is 5.97 Å². The molecule has 1 amide bonds. The number of aliphatic carboxylic acids is 1. The first kappa shape index (κ1) is 25.0. The van der Waals surface area contributed by atoms with E-state index in [9.17, 15) is 33.0 Å². The summed E-state index contributed by atoms with van der Waals surface area (Å²) in [6.07, 6.45) is 3.60. The minimum absolute atomic E-state index is 0.0195. The van der Waals surface area contributed by atoms with Crippen LogP contribution in [-0.4, -0.2) is 36.9 Å². The van der Waals surface area contributed by atoms with E-state index < -0.39 is 41.2 Å². The molecule has 188 valence electrons. The van der Waals surface area contributed by atoms with Gasteiger partial charge in [0.1, 0.15) is 5.75 Å². The van der Waals surface area contributed by atoms with Gasteiger partial charge in [0.25, 0.3) is 0 Å². The van der Waals surface area contributed by atoms with Crippen molar-refractivity contribution in [1.82, 2.24) is 20.1 Å². The Morgan fingerprint density at radius 1 is 1.19 bits per heavy atom. The smallest absolute Gasteiger partial charge is 0.333 e. The largest absolute Gasteiger partial charge is 0.506 e. The molecule has 8 nitrogen and oxygen atoms in total. The van der Waals surface area contributed by atoms with E-state index in [1.54, 1.807) is 25.3 Å². The van der Waals surface area contributed by atoms with E-state index in [0.717, 1.165) is 12.1 Å². The third-order valence-corrected chi connectivity index (χ3v) is 6.14. The number of nitrogens with one attached hydrogen (secondary N) is 1. The van der Waals surface area contributed by atoms with Gasteiger partial charge in [-0.1, -0.05) is 6.92 Å². The Kier molecular flexibility index (Phi) is 7.09. The molecule has 2 aromatic heterocycles. The normalized spacial score (nSPS) is 16.6. The van der Waals surface area contributed by atoms with Crippen LogP contribution in [0.4, 0.5) is 13.2 Å². The summed E-state index contributed by atoms with van der Waals surface area (Å²) in [5.41, 5.74) is 0.986. The van der Waals surface area contributed by atoms with E-state index in [0.29, 0.717) is 11.5 Å². The van der Waals surface area contributed by atoms with Crippen LogP contribution in [-0.2, 0) is 16.0 Å². The maximum Gasteiger partial charge on any atom is 0.333 e. The van der Waals surface area contributed by atoms with Crippen LogP contribution in [0.3, 0.4) is 0 Å². The third-order valence-electron chi connectivity index (χ3n) is 6.14. The number of rotatable bonds is 7. The molecule has 3 aromatic rings. The average molecular weight is 500 g/mol. The number of halogens is 3. The van der Waals surface area contributed by atoms with Gasteiger partial charge in [-0.15, -0.1) is 0 Å². The van der Waals surface area contributed by atoms with Gasteiger partial charge in [-0.2, -0.15) is 5.10 Å². The molecule has 2 heterocycles. The van der Waals surface area contributed by atoms with Crippen LogP contribution in [0.25, 0.3) is 5.82 Å². The number of aromatic nitrogens is 3. The Hall–Kier alpha value is -4.15. The number of carbonyl (C=O) groups excluding carboxylic acids is 1. The average Bonchev–Trinajstić information content (AvgIpc) is 3.30. The van der Waals surface area contributed by atoms with E-state index in [-0.39, 0.29) is 48.3 Å². The van der Waals surface area contributed by atoms with Crippen molar-refractivity contribution in [2.75, 3.05) is 0 Å². The highest BCUT2D eigenvalue weighted by molar-refractivity contribution is 5.90. The zero-order valence-corrected chi connectivity index (χ0v) is 19.2. The van der Waals surface area contributed by atoms with Crippen molar-refractivity contribution >= 4 is 11.9 Å². The van der Waals surface area contributed by atoms with Gasteiger partial charge < -0.3 is 15.5 Å². The fourth-order valence-electron chi connectivity index (χ4n) is 4.19. The van der Waals surface area contributed by atoms with Gasteiger partial charge in [0.2, 0.25) is 5.91 Å². The standard InChI is InChI=1S/C25H23F3N4O4/c1-13(8-16-6-7-32(31-16)22-5-3-17(33)12-29-22)24(34)30-21-11-14(2-4-18(21)25(35)36)15-9-19(26)23(28)20(27)10-15/h3,5-7,9-10,12-14,33H,2,4,8,11H2,1H3,(H,30,34)(H,35,36). The first-order chi connectivity index (χ1) is 17.1. The maximum absolute atomic E-state index is 13.7. The van der Waals surface area contributed by atoms with Gasteiger partial charge in [-0.3, -0.25) is 4.79 Å². The number of carboxylic acids is 1. The highest BCUT2D eigenvalue weighted by Gasteiger charge is 2.29. The molecule has 0 saturated heterocycles. The van der Waals surface area contributed by atoms with Gasteiger partial charge in [0, 0.05) is 24.2 Å². The second-order valence-corrected chi connectivity index (χ2v) is 8.72. The molecule has 3 N–H and O–H groups in total. The predicted octanol–water partition coefficient (Wildman–Crippen LogP) is 3.99. The third kappa shape index (κ3) is 5.40. The van der Waals surface area contributed by atoms with Crippen LogP contribution in [0.5, 0.6) is 5.75 Å². The minimum atomic E-state index is -1.57. The molecule has 11 heteroatoms. The summed E-state index contributed by atoms with van der Waals surface area (Å²) < 4.78 is 42.3. The summed E-state index contributed by atoms with van der Waals surface area (Å²) in [7, 11) is 0. The van der Waals surface area contributed by atoms with Crippen LogP contribution in [0.1, 0.15) is 43.4 Å². The molecule has 0 radical (unpaired) electrons. The number of carbonyl (C=O) groups is 2. The lowest BCUT2D eigenvalue weighted by molar-refractivity contribution is -0.133. The number of amides is 1. The van der Waals surface area contributed by atoms with Gasteiger partial charge in [0.15, 0.2) is 23.3 Å². The van der Waals surface area contributed by atoms with Crippen molar-refractivity contribution in [2.24, 2.45) is 5.92 Å². The fraction of sp³-hybridized carbons (Fsp3) is 0.280. The fourth-order valence-corrected chi connectivity index (χ4v) is 4.19. The number of hydrogen-bond acceptors (Lipinski definition) is 5. The molecule has 0 saturated carbocycles. The molecule has 1 aliphatic carbocycles. The van der Waals surface area contributed by atoms with Crippen molar-refractivity contribution in [3.8, 4) is 11.6 Å². The number of benzene rings is 1. The summed E-state index contributed by atoms with van der Waals surface area (Å²) in [6, 6.07) is 6.57. The molecule has 1 aromatic carbocycles. The molecule has 36 heavy (non-hydrogen) atoms. The van der Waals surface area contributed by atoms with E-state index >= 15 is 0 Å². The predicted molar refractivity (Wildman–Crippen MR) is 122 cm³/mol. The SMILES string of the molecule is CC(Cc1ccn(-c2ccc(O)cn2)n1)C(=O)NC1=C(C(=O)O)CCC(c2cc(F)c(F)c(F)c2)C1. The Balaban J connectivity index is 1.46. The molecule has 0 spiro atoms. The number of hydrogen-bond donors (Lipinski definition) is 3. The quantitative estimate of drug-likeness (QED) is 0.423. The summed E-state index contributed by atoms with van der Waals surface area (Å²) in [5.74, 6) is -6.39. The molecule has 1 aliphatic rings. The van der Waals surface area contributed by atoms with Crippen LogP contribution < -0.4 is 5.32 Å². The number of aromatic hydroxyl groups is 1. The van der Waals surface area contributed by atoms with Crippen LogP contribution in [0.15, 0.2) is 54.0 Å². The lowest BCUT2D eigenvalue weighted by Gasteiger charge is -2.27. The zero-order valence-electron chi connectivity index (χ0n) is 19.2. The maximum atomic E-state index is 13.7. The first-order valence-electron chi connectivity index (χ1n) is 11.2. The Labute approximate surface area is 204 Å². The Morgan fingerprint density at radius 2 is 1.92 bits per heavy atom. The van der Waals surface area contributed by atoms with Crippen molar-refractivity contribution < 1.29 is 33.0 Å². The second-order valence-electron chi connectivity index (χ2n) is 8.72. The van der Waals surface area contributed by atoms with E-state index in [1.165, 1.54) is 16.9 Å². The topological polar surface area (TPSA) is 117 Å². The van der Waals surface area contributed by atoms with E-state index in [2.05, 4.69) is 15.4 Å². The Morgan fingerprint density at radius 3 is 2.56 bits per heavy atom. The number of carboxylic acid groups (broad SMARTS) is 1. The summed E-state index contributed by atoms with van der Waals surface area (Å²) in [4.78, 5) is 28.7. The van der Waals surface area contributed by atoms with Crippen LogP contribution >= 0.6 is 0 Å². The van der Waals surface area contributed by atoms with Crippen molar-refractivity contribution in [3.63, 3.8) is 0 Å². The number of allylic oxidation sites excluding steroid dienone is 1. The molecule has 0 bridgehead atoms. The zero-order chi connectivity index (χ0) is 26.0. The molecule has 2 atom stereocenters. The minimum Gasteiger partial charge on any atom is -0.506 e. The summed E-state index contributed by atoms with van der Waals surface area (Å²) in [5, 5.41) is 26.0. The highest BCUT2D eigenvalue weighted by atomic mass is 19.2. The Bertz CT molecular complexity index is 1310. The molecule has 0 fully saturated rings. The molecule has 4 rings (SSSR count). The van der Waals surface area contributed by atoms with Crippen molar-refractivity contribution in [1.29, 1.82) is 0 Å². The molecular weight excluding hydrogens is 477 g/mol. The van der Waals surface area contributed by atoms with Crippen molar-refractivity contribution in [3.05, 3.63) is 82.7 Å². The van der Waals surface area contributed by atoms with Crippen LogP contribution in [0.2, 0.25) is 0 Å². The molecule has 2 unspecified atom stereocenters. The van der Waals surface area contributed by atoms with Crippen molar-refractivity contribution in [2.45, 2.75) is 38.5 Å². The number of nitrogens with zero attached hydrogens (tertiary/aromatic N) is 3. The van der Waals surface area contributed by atoms with E-state index in [1.807, 2.05) is 0 Å². The first-order valence-corrected chi connectivity index (χ1v) is 11.2. The van der Waals surface area contributed by atoms with E-state index in [4.69, 9.17) is 0 Å². The summed E-state index contributed by atoms with van der Waals surface area (Å²) >= 11 is 0. The van der Waals surface area contributed by atoms with Gasteiger partial charge in [-0.05, 0) is 61.1 Å². The lowest BCUT2D eigenvalue weighted by Crippen LogP contribution is -2.33. The highest BCUT2D eigenvalue weighted by Crippen LogP contribution is 2.36. The summed E-state index contributed by atoms with van der Waals surface area (Å²) in [6.45, 7) is 1.67. The lowest BCUT2D eigenvalue weighted by atomic mass is 9.82. The van der Waals surface area contributed by atoms with Gasteiger partial charge in [0.05, 0.1) is 17.5 Å².